The van der Waals surface area contributed by atoms with E-state index in [1.54, 1.807) is 0 Å². The van der Waals surface area contributed by atoms with Crippen LogP contribution in [0.4, 0.5) is 5.69 Å². The second kappa shape index (κ2) is 7.91. The van der Waals surface area contributed by atoms with Crippen molar-refractivity contribution in [1.82, 2.24) is 0 Å². The van der Waals surface area contributed by atoms with Gasteiger partial charge < -0.3 is 15.3 Å². The third-order valence-corrected chi connectivity index (χ3v) is 3.31. The van der Waals surface area contributed by atoms with Crippen LogP contribution in [0.15, 0.2) is 47.6 Å². The lowest BCUT2D eigenvalue weighted by Crippen LogP contribution is -2.18. The van der Waals surface area contributed by atoms with Crippen molar-refractivity contribution in [1.29, 1.82) is 0 Å². The van der Waals surface area contributed by atoms with Crippen LogP contribution in [-0.2, 0) is 9.63 Å². The van der Waals surface area contributed by atoms with Crippen LogP contribution in [0.25, 0.3) is 0 Å². The van der Waals surface area contributed by atoms with Gasteiger partial charge in [-0.15, -0.1) is 0 Å². The highest BCUT2D eigenvalue weighted by Gasteiger charge is 2.09. The predicted molar refractivity (Wildman–Crippen MR) is 91.3 cm³/mol. The van der Waals surface area contributed by atoms with Crippen LogP contribution in [-0.4, -0.2) is 23.3 Å². The Bertz CT molecular complexity index is 816. The third kappa shape index (κ3) is 5.03. The number of benzene rings is 2. The van der Waals surface area contributed by atoms with Gasteiger partial charge in [-0.1, -0.05) is 17.3 Å². The first-order valence-corrected chi connectivity index (χ1v) is 7.35. The first-order valence-electron chi connectivity index (χ1n) is 7.35. The smallest absolute Gasteiger partial charge is 0.372 e. The molecule has 0 bridgehead atoms. The molecule has 2 N–H and O–H groups in total. The lowest BCUT2D eigenvalue weighted by molar-refractivity contribution is -0.384. The topological polar surface area (TPSA) is 117 Å². The van der Waals surface area contributed by atoms with E-state index in [4.69, 9.17) is 15.3 Å². The van der Waals surface area contributed by atoms with E-state index in [-0.39, 0.29) is 18.1 Å². The van der Waals surface area contributed by atoms with Gasteiger partial charge in [0.1, 0.15) is 5.75 Å². The Balaban J connectivity index is 1.92. The van der Waals surface area contributed by atoms with Crippen LogP contribution in [0.5, 0.6) is 5.75 Å². The maximum Gasteiger partial charge on any atom is 0.372 e. The SMILES string of the molecule is Cc1ccc(C)c(OCC(=O)O/N=C(/N)c2ccc([N+](=O)[O-])cc2)c1. The summed E-state index contributed by atoms with van der Waals surface area (Å²) >= 11 is 0. The zero-order valence-corrected chi connectivity index (χ0v) is 13.8. The van der Waals surface area contributed by atoms with E-state index in [0.717, 1.165) is 11.1 Å². The number of carbonyl (C=O) groups excluding carboxylic acids is 1. The highest BCUT2D eigenvalue weighted by Crippen LogP contribution is 2.19. The quantitative estimate of drug-likeness (QED) is 0.283. The van der Waals surface area contributed by atoms with Crippen molar-refractivity contribution in [3.63, 3.8) is 0 Å². The molecule has 0 spiro atoms. The average molecular weight is 343 g/mol. The second-order valence-electron chi connectivity index (χ2n) is 5.30. The summed E-state index contributed by atoms with van der Waals surface area (Å²) < 4.78 is 5.40. The summed E-state index contributed by atoms with van der Waals surface area (Å²) in [6.07, 6.45) is 0. The number of nitro benzene ring substituents is 1. The van der Waals surface area contributed by atoms with E-state index < -0.39 is 10.9 Å². The van der Waals surface area contributed by atoms with Crippen LogP contribution >= 0.6 is 0 Å². The molecule has 0 heterocycles. The van der Waals surface area contributed by atoms with Crippen molar-refractivity contribution in [3.8, 4) is 5.75 Å². The molecule has 0 aliphatic rings. The average Bonchev–Trinajstić information content (AvgIpc) is 2.60. The van der Waals surface area contributed by atoms with Gasteiger partial charge in [-0.05, 0) is 43.2 Å². The first kappa shape index (κ1) is 17.9. The molecule has 0 aromatic heterocycles. The second-order valence-corrected chi connectivity index (χ2v) is 5.30. The molecule has 0 unspecified atom stereocenters. The summed E-state index contributed by atoms with van der Waals surface area (Å²) in [7, 11) is 0. The van der Waals surface area contributed by atoms with E-state index >= 15 is 0 Å². The molecule has 0 amide bonds. The number of aryl methyl sites for hydroxylation is 2. The Morgan fingerprint density at radius 1 is 1.20 bits per heavy atom. The number of nitrogens with zero attached hydrogens (tertiary/aromatic N) is 2. The number of hydrogen-bond donors (Lipinski definition) is 1. The van der Waals surface area contributed by atoms with Crippen LogP contribution in [0.1, 0.15) is 16.7 Å². The van der Waals surface area contributed by atoms with Crippen LogP contribution in [0.2, 0.25) is 0 Å². The number of ether oxygens (including phenoxy) is 1. The number of nitro groups is 1. The van der Waals surface area contributed by atoms with E-state index in [2.05, 4.69) is 5.16 Å². The zero-order chi connectivity index (χ0) is 18.4. The van der Waals surface area contributed by atoms with E-state index in [1.807, 2.05) is 32.0 Å². The molecule has 0 aliphatic carbocycles. The molecular formula is C17H17N3O5. The van der Waals surface area contributed by atoms with Crippen molar-refractivity contribution >= 4 is 17.5 Å². The van der Waals surface area contributed by atoms with E-state index in [1.165, 1.54) is 24.3 Å². The van der Waals surface area contributed by atoms with Crippen LogP contribution in [0.3, 0.4) is 0 Å². The Labute approximate surface area is 144 Å². The molecule has 0 aliphatic heterocycles. The minimum atomic E-state index is -0.717. The highest BCUT2D eigenvalue weighted by molar-refractivity contribution is 5.97. The molecule has 0 fully saturated rings. The number of nitrogens with two attached hydrogens (primary N) is 1. The van der Waals surface area contributed by atoms with Gasteiger partial charge in [0, 0.05) is 17.7 Å². The lowest BCUT2D eigenvalue weighted by atomic mass is 10.1. The molecule has 0 saturated heterocycles. The summed E-state index contributed by atoms with van der Waals surface area (Å²) in [5, 5.41) is 14.1. The van der Waals surface area contributed by atoms with Gasteiger partial charge >= 0.3 is 5.97 Å². The number of hydrogen-bond acceptors (Lipinski definition) is 6. The molecule has 2 aromatic carbocycles. The fraction of sp³-hybridized carbons (Fsp3) is 0.176. The van der Waals surface area contributed by atoms with Gasteiger partial charge in [-0.3, -0.25) is 10.1 Å². The van der Waals surface area contributed by atoms with Crippen molar-refractivity contribution in [3.05, 3.63) is 69.3 Å². The molecule has 2 aromatic rings. The van der Waals surface area contributed by atoms with Crippen molar-refractivity contribution in [2.45, 2.75) is 13.8 Å². The lowest BCUT2D eigenvalue weighted by Gasteiger charge is -2.08. The molecule has 130 valence electrons. The molecule has 8 nitrogen and oxygen atoms in total. The highest BCUT2D eigenvalue weighted by atomic mass is 16.7. The molecule has 0 atom stereocenters. The normalized spacial score (nSPS) is 11.0. The van der Waals surface area contributed by atoms with Crippen molar-refractivity contribution < 1.29 is 19.3 Å². The molecule has 2 rings (SSSR count). The summed E-state index contributed by atoms with van der Waals surface area (Å²) in [5.74, 6) is -0.204. The summed E-state index contributed by atoms with van der Waals surface area (Å²) in [5.41, 5.74) is 7.91. The van der Waals surface area contributed by atoms with Gasteiger partial charge in [-0.2, -0.15) is 0 Å². The largest absolute Gasteiger partial charge is 0.482 e. The Hall–Kier alpha value is -3.42. The maximum absolute atomic E-state index is 11.7. The van der Waals surface area contributed by atoms with Gasteiger partial charge in [-0.25, -0.2) is 4.79 Å². The van der Waals surface area contributed by atoms with Crippen LogP contribution < -0.4 is 10.5 Å². The fourth-order valence-electron chi connectivity index (χ4n) is 1.93. The molecular weight excluding hydrogens is 326 g/mol. The maximum atomic E-state index is 11.7. The molecule has 0 saturated carbocycles. The first-order chi connectivity index (χ1) is 11.9. The zero-order valence-electron chi connectivity index (χ0n) is 13.8. The molecule has 8 heteroatoms. The number of carbonyl (C=O) groups is 1. The van der Waals surface area contributed by atoms with Crippen molar-refractivity contribution in [2.75, 3.05) is 6.61 Å². The number of amidine groups is 1. The van der Waals surface area contributed by atoms with Gasteiger partial charge in [0.25, 0.3) is 5.69 Å². The third-order valence-electron chi connectivity index (χ3n) is 3.31. The summed E-state index contributed by atoms with van der Waals surface area (Å²) in [6, 6.07) is 11.0. The summed E-state index contributed by atoms with van der Waals surface area (Å²) in [4.78, 5) is 26.5. The van der Waals surface area contributed by atoms with E-state index in [0.29, 0.717) is 11.3 Å². The Morgan fingerprint density at radius 2 is 1.88 bits per heavy atom. The summed E-state index contributed by atoms with van der Waals surface area (Å²) in [6.45, 7) is 3.46. The monoisotopic (exact) mass is 343 g/mol. The molecule has 25 heavy (non-hydrogen) atoms. The number of non-ortho nitro benzene ring substituents is 1. The Kier molecular flexibility index (Phi) is 5.67. The number of rotatable bonds is 6. The van der Waals surface area contributed by atoms with Gasteiger partial charge in [0.05, 0.1) is 4.92 Å². The van der Waals surface area contributed by atoms with E-state index in [9.17, 15) is 14.9 Å². The predicted octanol–water partition coefficient (Wildman–Crippen LogP) is 2.45. The van der Waals surface area contributed by atoms with Crippen molar-refractivity contribution in [2.24, 2.45) is 10.9 Å². The minimum absolute atomic E-state index is 0.0736. The standard InChI is InChI=1S/C17H17N3O5/c1-11-3-4-12(2)15(9-11)24-10-16(21)25-19-17(18)13-5-7-14(8-6-13)20(22)23/h3-9H,10H2,1-2H3,(H2,18,19). The van der Waals surface area contributed by atoms with Gasteiger partial charge in [0.15, 0.2) is 12.4 Å². The van der Waals surface area contributed by atoms with Gasteiger partial charge in [0.2, 0.25) is 0 Å². The fourth-order valence-corrected chi connectivity index (χ4v) is 1.93. The Morgan fingerprint density at radius 3 is 2.52 bits per heavy atom. The minimum Gasteiger partial charge on any atom is -0.482 e. The van der Waals surface area contributed by atoms with Crippen LogP contribution in [0, 0.1) is 24.0 Å². The number of oxime groups is 1. The molecule has 0 radical (unpaired) electrons.